The largest absolute Gasteiger partial charge is 0.495 e. The first-order valence-corrected chi connectivity index (χ1v) is 11.3. The van der Waals surface area contributed by atoms with Crippen LogP contribution in [0.15, 0.2) is 52.4 Å². The second kappa shape index (κ2) is 10.0. The number of anilines is 1. The third-order valence-corrected chi connectivity index (χ3v) is 6.21. The van der Waals surface area contributed by atoms with Gasteiger partial charge in [-0.2, -0.15) is 0 Å². The van der Waals surface area contributed by atoms with Crippen LogP contribution >= 0.6 is 11.8 Å². The minimum atomic E-state index is -0.549. The molecule has 10 nitrogen and oxygen atoms in total. The Balaban J connectivity index is 1.56. The summed E-state index contributed by atoms with van der Waals surface area (Å²) in [6, 6.07) is 11.0. The van der Waals surface area contributed by atoms with Crippen molar-refractivity contribution in [3.05, 3.63) is 62.9 Å². The Hall–Kier alpha value is -3.44. The third-order valence-electron chi connectivity index (χ3n) is 5.24. The maximum absolute atomic E-state index is 13.1. The Bertz CT molecular complexity index is 1260. The fourth-order valence-corrected chi connectivity index (χ4v) is 4.44. The number of aromatic nitrogens is 2. The quantitative estimate of drug-likeness (QED) is 0.230. The Morgan fingerprint density at radius 1 is 1.36 bits per heavy atom. The number of amides is 1. The van der Waals surface area contributed by atoms with Crippen molar-refractivity contribution in [2.45, 2.75) is 30.6 Å². The molecule has 2 heterocycles. The van der Waals surface area contributed by atoms with Gasteiger partial charge in [0, 0.05) is 18.7 Å². The van der Waals surface area contributed by atoms with E-state index in [1.165, 1.54) is 25.3 Å². The highest BCUT2D eigenvalue weighted by Crippen LogP contribution is 2.29. The topological polar surface area (TPSA) is 126 Å². The van der Waals surface area contributed by atoms with Gasteiger partial charge in [0.15, 0.2) is 5.16 Å². The number of nitro benzene ring substituents is 1. The second-order valence-corrected chi connectivity index (χ2v) is 8.38. The van der Waals surface area contributed by atoms with Gasteiger partial charge in [-0.1, -0.05) is 23.9 Å². The van der Waals surface area contributed by atoms with Gasteiger partial charge in [-0.15, -0.1) is 0 Å². The van der Waals surface area contributed by atoms with Gasteiger partial charge >= 0.3 is 0 Å². The zero-order valence-corrected chi connectivity index (χ0v) is 18.7. The van der Waals surface area contributed by atoms with Crippen LogP contribution in [-0.2, 0) is 16.1 Å². The maximum Gasteiger partial charge on any atom is 0.271 e. The molecule has 172 valence electrons. The number of hydrogen-bond donors (Lipinski definition) is 1. The first-order chi connectivity index (χ1) is 16.0. The van der Waals surface area contributed by atoms with Gasteiger partial charge in [0.05, 0.1) is 47.0 Å². The van der Waals surface area contributed by atoms with E-state index in [0.717, 1.165) is 24.6 Å². The van der Waals surface area contributed by atoms with E-state index in [-0.39, 0.29) is 28.8 Å². The number of hydrogen-bond acceptors (Lipinski definition) is 8. The van der Waals surface area contributed by atoms with Gasteiger partial charge in [0.25, 0.3) is 11.2 Å². The first kappa shape index (κ1) is 22.7. The highest BCUT2D eigenvalue weighted by atomic mass is 32.2. The van der Waals surface area contributed by atoms with E-state index in [1.807, 2.05) is 0 Å². The average Bonchev–Trinajstić information content (AvgIpc) is 3.33. The summed E-state index contributed by atoms with van der Waals surface area (Å²) in [7, 11) is 1.41. The van der Waals surface area contributed by atoms with Crippen molar-refractivity contribution >= 4 is 39.9 Å². The lowest BCUT2D eigenvalue weighted by atomic mass is 10.2. The molecule has 1 aliphatic rings. The van der Waals surface area contributed by atoms with Gasteiger partial charge in [-0.05, 0) is 31.0 Å². The number of ether oxygens (including phenoxy) is 2. The zero-order chi connectivity index (χ0) is 23.4. The van der Waals surface area contributed by atoms with E-state index >= 15 is 0 Å². The number of rotatable bonds is 8. The normalized spacial score (nSPS) is 15.5. The van der Waals surface area contributed by atoms with Crippen LogP contribution in [0.5, 0.6) is 5.75 Å². The molecule has 1 unspecified atom stereocenters. The Labute approximate surface area is 193 Å². The number of para-hydroxylation sites is 1. The lowest BCUT2D eigenvalue weighted by molar-refractivity contribution is -0.384. The number of nitrogens with zero attached hydrogens (tertiary/aromatic N) is 3. The molecular formula is C22H22N4O6S. The Morgan fingerprint density at radius 2 is 2.18 bits per heavy atom. The van der Waals surface area contributed by atoms with Crippen molar-refractivity contribution in [1.29, 1.82) is 0 Å². The van der Waals surface area contributed by atoms with Crippen molar-refractivity contribution in [3.63, 3.8) is 0 Å². The number of nitro groups is 1. The molecule has 3 aromatic rings. The predicted molar refractivity (Wildman–Crippen MR) is 124 cm³/mol. The lowest BCUT2D eigenvalue weighted by Gasteiger charge is -2.16. The Kier molecular flexibility index (Phi) is 6.90. The number of thioether (sulfide) groups is 1. The van der Waals surface area contributed by atoms with Crippen LogP contribution in [0, 0.1) is 10.1 Å². The molecule has 0 spiro atoms. The maximum atomic E-state index is 13.1. The number of carbonyl (C=O) groups excluding carboxylic acids is 1. The number of methoxy groups -OCH3 is 1. The molecule has 1 amide bonds. The summed E-state index contributed by atoms with van der Waals surface area (Å²) in [6.07, 6.45) is 1.72. The third kappa shape index (κ3) is 5.15. The van der Waals surface area contributed by atoms with E-state index < -0.39 is 10.8 Å². The minimum absolute atomic E-state index is 0.0534. The van der Waals surface area contributed by atoms with Crippen molar-refractivity contribution in [3.8, 4) is 5.75 Å². The molecular weight excluding hydrogens is 448 g/mol. The summed E-state index contributed by atoms with van der Waals surface area (Å²) < 4.78 is 12.4. The highest BCUT2D eigenvalue weighted by molar-refractivity contribution is 7.99. The SMILES string of the molecule is COc1ccc([N+](=O)[O-])cc1NC(=O)CSc1nc2ccccc2c(=O)n1CC1CCCO1. The molecule has 0 radical (unpaired) electrons. The van der Waals surface area contributed by atoms with E-state index in [9.17, 15) is 19.7 Å². The summed E-state index contributed by atoms with van der Waals surface area (Å²) in [6.45, 7) is 1.02. The molecule has 0 saturated carbocycles. The molecule has 0 bridgehead atoms. The van der Waals surface area contributed by atoms with Gasteiger partial charge in [-0.3, -0.25) is 24.3 Å². The minimum Gasteiger partial charge on any atom is -0.495 e. The van der Waals surface area contributed by atoms with Crippen molar-refractivity contribution < 1.29 is 19.2 Å². The number of carbonyl (C=O) groups is 1. The monoisotopic (exact) mass is 470 g/mol. The van der Waals surface area contributed by atoms with Crippen LogP contribution in [-0.4, -0.2) is 46.0 Å². The van der Waals surface area contributed by atoms with Crippen LogP contribution in [0.25, 0.3) is 10.9 Å². The van der Waals surface area contributed by atoms with Crippen molar-refractivity contribution in [1.82, 2.24) is 9.55 Å². The molecule has 1 atom stereocenters. The Morgan fingerprint density at radius 3 is 2.91 bits per heavy atom. The zero-order valence-electron chi connectivity index (χ0n) is 17.9. The van der Waals surface area contributed by atoms with Crippen molar-refractivity contribution in [2.24, 2.45) is 0 Å². The molecule has 11 heteroatoms. The van der Waals surface area contributed by atoms with E-state index in [0.29, 0.717) is 35.0 Å². The molecule has 33 heavy (non-hydrogen) atoms. The van der Waals surface area contributed by atoms with E-state index in [1.54, 1.807) is 28.8 Å². The van der Waals surface area contributed by atoms with Crippen molar-refractivity contribution in [2.75, 3.05) is 24.8 Å². The number of nitrogens with one attached hydrogen (secondary N) is 1. The second-order valence-electron chi connectivity index (χ2n) is 7.44. The molecule has 4 rings (SSSR count). The summed E-state index contributed by atoms with van der Waals surface area (Å²) in [5.41, 5.74) is 0.398. The summed E-state index contributed by atoms with van der Waals surface area (Å²) in [5, 5.41) is 14.6. The number of benzene rings is 2. The molecule has 0 aliphatic carbocycles. The number of fused-ring (bicyclic) bond motifs is 1. The molecule has 2 aromatic carbocycles. The van der Waals surface area contributed by atoms with Crippen LogP contribution in [0.3, 0.4) is 0 Å². The molecule has 1 aliphatic heterocycles. The van der Waals surface area contributed by atoms with Crippen LogP contribution in [0.1, 0.15) is 12.8 Å². The summed E-state index contributed by atoms with van der Waals surface area (Å²) in [4.78, 5) is 40.9. The van der Waals surface area contributed by atoms with Gasteiger partial charge in [0.1, 0.15) is 5.75 Å². The first-order valence-electron chi connectivity index (χ1n) is 10.3. The fraction of sp³-hybridized carbons (Fsp3) is 0.318. The van der Waals surface area contributed by atoms with E-state index in [4.69, 9.17) is 9.47 Å². The van der Waals surface area contributed by atoms with Crippen LogP contribution in [0.4, 0.5) is 11.4 Å². The molecule has 1 fully saturated rings. The lowest BCUT2D eigenvalue weighted by Crippen LogP contribution is -2.29. The smallest absolute Gasteiger partial charge is 0.271 e. The van der Waals surface area contributed by atoms with Crippen LogP contribution < -0.4 is 15.6 Å². The summed E-state index contributed by atoms with van der Waals surface area (Å²) >= 11 is 1.12. The molecule has 1 aromatic heterocycles. The standard InChI is InChI=1S/C22H22N4O6S/c1-31-19-9-8-14(26(29)30)11-18(19)23-20(27)13-33-22-24-17-7-3-2-6-16(17)21(28)25(22)12-15-5-4-10-32-15/h2-3,6-9,11,15H,4-5,10,12-13H2,1H3,(H,23,27). The van der Waals surface area contributed by atoms with Gasteiger partial charge < -0.3 is 14.8 Å². The summed E-state index contributed by atoms with van der Waals surface area (Å²) in [5.74, 6) is -0.162. The van der Waals surface area contributed by atoms with Crippen LogP contribution in [0.2, 0.25) is 0 Å². The highest BCUT2D eigenvalue weighted by Gasteiger charge is 2.21. The molecule has 1 N–H and O–H groups in total. The predicted octanol–water partition coefficient (Wildman–Crippen LogP) is 3.22. The fourth-order valence-electron chi connectivity index (χ4n) is 3.63. The average molecular weight is 471 g/mol. The molecule has 1 saturated heterocycles. The number of non-ortho nitro benzene ring substituents is 1. The van der Waals surface area contributed by atoms with Gasteiger partial charge in [-0.25, -0.2) is 4.98 Å². The van der Waals surface area contributed by atoms with E-state index in [2.05, 4.69) is 10.3 Å². The van der Waals surface area contributed by atoms with Gasteiger partial charge in [0.2, 0.25) is 5.91 Å².